The molecular weight excluding hydrogens is 453 g/mol. The summed E-state index contributed by atoms with van der Waals surface area (Å²) in [5, 5.41) is 15.3. The molecule has 0 saturated heterocycles. The zero-order valence-corrected chi connectivity index (χ0v) is 18.1. The third-order valence-corrected chi connectivity index (χ3v) is 5.36. The van der Waals surface area contributed by atoms with E-state index in [1.165, 1.54) is 25.3 Å². The van der Waals surface area contributed by atoms with E-state index in [-0.39, 0.29) is 11.4 Å². The number of hydrogen-bond donors (Lipinski definition) is 1. The molecule has 0 bridgehead atoms. The lowest BCUT2D eigenvalue weighted by Crippen LogP contribution is -2.14. The van der Waals surface area contributed by atoms with Gasteiger partial charge in [0, 0.05) is 22.0 Å². The lowest BCUT2D eigenvalue weighted by atomic mass is 10.0. The van der Waals surface area contributed by atoms with Gasteiger partial charge in [-0.05, 0) is 36.4 Å². The molecule has 0 atom stereocenters. The highest BCUT2D eigenvalue weighted by Gasteiger charge is 2.18. The highest BCUT2D eigenvalue weighted by Crippen LogP contribution is 2.33. The second-order valence-electron chi connectivity index (χ2n) is 6.79. The first-order valence-electron chi connectivity index (χ1n) is 9.36. The molecule has 0 radical (unpaired) electrons. The van der Waals surface area contributed by atoms with Gasteiger partial charge in [0.05, 0.1) is 45.6 Å². The third-order valence-electron chi connectivity index (χ3n) is 4.81. The Hall–Kier alpha value is -3.68. The number of anilines is 1. The van der Waals surface area contributed by atoms with Gasteiger partial charge in [-0.3, -0.25) is 14.9 Å². The molecule has 4 aromatic rings. The van der Waals surface area contributed by atoms with Crippen LogP contribution < -0.4 is 10.1 Å². The standard InChI is InChI=1S/C23H15Cl2N3O4/c1-32-22-11-14(28(30)31)7-9-20(22)27-23(29)17-12-21(16-8-6-13(24)10-18(16)25)26-19-5-3-2-4-15(17)19/h2-12H,1H3,(H,27,29). The summed E-state index contributed by atoms with van der Waals surface area (Å²) in [6.45, 7) is 0. The van der Waals surface area contributed by atoms with Crippen molar-refractivity contribution < 1.29 is 14.5 Å². The van der Waals surface area contributed by atoms with Crippen molar-refractivity contribution >= 4 is 51.4 Å². The van der Waals surface area contributed by atoms with Gasteiger partial charge in [0.2, 0.25) is 0 Å². The van der Waals surface area contributed by atoms with Crippen LogP contribution in [0.2, 0.25) is 10.0 Å². The maximum Gasteiger partial charge on any atom is 0.273 e. The first kappa shape index (κ1) is 21.5. The van der Waals surface area contributed by atoms with Crippen LogP contribution in [-0.4, -0.2) is 22.9 Å². The molecule has 32 heavy (non-hydrogen) atoms. The first-order valence-corrected chi connectivity index (χ1v) is 10.1. The number of ether oxygens (including phenoxy) is 1. The number of non-ortho nitro benzene ring substituents is 1. The summed E-state index contributed by atoms with van der Waals surface area (Å²) in [6, 6.07) is 17.9. The molecule has 9 heteroatoms. The number of carbonyl (C=O) groups excluding carboxylic acids is 1. The predicted octanol–water partition coefficient (Wildman–Crippen LogP) is 6.38. The fourth-order valence-electron chi connectivity index (χ4n) is 3.28. The number of hydrogen-bond acceptors (Lipinski definition) is 5. The Morgan fingerprint density at radius 1 is 1.06 bits per heavy atom. The van der Waals surface area contributed by atoms with Crippen molar-refractivity contribution in [2.24, 2.45) is 0 Å². The number of nitrogens with zero attached hydrogens (tertiary/aromatic N) is 2. The summed E-state index contributed by atoms with van der Waals surface area (Å²) in [4.78, 5) is 28.4. The van der Waals surface area contributed by atoms with E-state index in [4.69, 9.17) is 27.9 Å². The van der Waals surface area contributed by atoms with E-state index in [0.29, 0.717) is 43.5 Å². The molecule has 0 aliphatic carbocycles. The molecule has 0 saturated carbocycles. The van der Waals surface area contributed by atoms with Crippen molar-refractivity contribution in [1.29, 1.82) is 0 Å². The number of halogens is 2. The van der Waals surface area contributed by atoms with Crippen LogP contribution in [0.15, 0.2) is 66.7 Å². The summed E-state index contributed by atoms with van der Waals surface area (Å²) in [7, 11) is 1.37. The number of methoxy groups -OCH3 is 1. The zero-order valence-electron chi connectivity index (χ0n) is 16.6. The summed E-state index contributed by atoms with van der Waals surface area (Å²) >= 11 is 12.4. The van der Waals surface area contributed by atoms with Crippen LogP contribution in [0.4, 0.5) is 11.4 Å². The molecule has 0 unspecified atom stereocenters. The van der Waals surface area contributed by atoms with E-state index in [0.717, 1.165) is 0 Å². The van der Waals surface area contributed by atoms with Gasteiger partial charge in [-0.15, -0.1) is 0 Å². The number of nitro benzene ring substituents is 1. The number of fused-ring (bicyclic) bond motifs is 1. The Balaban J connectivity index is 1.80. The van der Waals surface area contributed by atoms with Crippen molar-refractivity contribution in [2.75, 3.05) is 12.4 Å². The highest BCUT2D eigenvalue weighted by atomic mass is 35.5. The van der Waals surface area contributed by atoms with E-state index >= 15 is 0 Å². The van der Waals surface area contributed by atoms with Gasteiger partial charge in [-0.2, -0.15) is 0 Å². The number of carbonyl (C=O) groups is 1. The van der Waals surface area contributed by atoms with Crippen LogP contribution in [0.3, 0.4) is 0 Å². The average Bonchev–Trinajstić information content (AvgIpc) is 2.78. The van der Waals surface area contributed by atoms with E-state index < -0.39 is 10.8 Å². The van der Waals surface area contributed by atoms with E-state index in [1.54, 1.807) is 36.4 Å². The minimum absolute atomic E-state index is 0.145. The maximum atomic E-state index is 13.3. The molecule has 160 valence electrons. The number of nitrogens with one attached hydrogen (secondary N) is 1. The molecule has 7 nitrogen and oxygen atoms in total. The van der Waals surface area contributed by atoms with Crippen LogP contribution in [0.25, 0.3) is 22.2 Å². The number of nitro groups is 1. The quantitative estimate of drug-likeness (QED) is 0.271. The van der Waals surface area contributed by atoms with Crippen LogP contribution in [0.1, 0.15) is 10.4 Å². The number of amides is 1. The number of aromatic nitrogens is 1. The van der Waals surface area contributed by atoms with Crippen molar-refractivity contribution in [3.63, 3.8) is 0 Å². The van der Waals surface area contributed by atoms with Crippen molar-refractivity contribution in [3.8, 4) is 17.0 Å². The fourth-order valence-corrected chi connectivity index (χ4v) is 3.79. The first-order chi connectivity index (χ1) is 15.4. The largest absolute Gasteiger partial charge is 0.494 e. The molecule has 1 amide bonds. The monoisotopic (exact) mass is 467 g/mol. The third kappa shape index (κ3) is 4.21. The molecule has 0 aliphatic rings. The molecule has 1 N–H and O–H groups in total. The lowest BCUT2D eigenvalue weighted by Gasteiger charge is -2.13. The van der Waals surface area contributed by atoms with Gasteiger partial charge in [0.1, 0.15) is 5.75 Å². The van der Waals surface area contributed by atoms with Gasteiger partial charge in [-0.25, -0.2) is 4.98 Å². The molecular formula is C23H15Cl2N3O4. The minimum atomic E-state index is -0.535. The summed E-state index contributed by atoms with van der Waals surface area (Å²) in [6.07, 6.45) is 0. The predicted molar refractivity (Wildman–Crippen MR) is 125 cm³/mol. The number of pyridine rings is 1. The Bertz CT molecular complexity index is 1370. The van der Waals surface area contributed by atoms with Crippen molar-refractivity contribution in [1.82, 2.24) is 4.98 Å². The second-order valence-corrected chi connectivity index (χ2v) is 7.64. The van der Waals surface area contributed by atoms with Gasteiger partial charge in [0.25, 0.3) is 11.6 Å². The average molecular weight is 468 g/mol. The van der Waals surface area contributed by atoms with Gasteiger partial charge >= 0.3 is 0 Å². The van der Waals surface area contributed by atoms with Gasteiger partial charge < -0.3 is 10.1 Å². The molecule has 3 aromatic carbocycles. The Morgan fingerprint density at radius 3 is 2.56 bits per heavy atom. The topological polar surface area (TPSA) is 94.4 Å². The molecule has 4 rings (SSSR count). The van der Waals surface area contributed by atoms with Crippen LogP contribution >= 0.6 is 23.2 Å². The zero-order chi connectivity index (χ0) is 22.8. The van der Waals surface area contributed by atoms with E-state index in [1.807, 2.05) is 12.1 Å². The SMILES string of the molecule is COc1cc([N+](=O)[O-])ccc1NC(=O)c1cc(-c2ccc(Cl)cc2Cl)nc2ccccc12. The Morgan fingerprint density at radius 2 is 1.84 bits per heavy atom. The molecule has 0 spiro atoms. The smallest absolute Gasteiger partial charge is 0.273 e. The number of rotatable bonds is 5. The summed E-state index contributed by atoms with van der Waals surface area (Å²) < 4.78 is 5.22. The van der Waals surface area contributed by atoms with E-state index in [9.17, 15) is 14.9 Å². The summed E-state index contributed by atoms with van der Waals surface area (Å²) in [5.41, 5.74) is 2.26. The van der Waals surface area contributed by atoms with Crippen LogP contribution in [-0.2, 0) is 0 Å². The van der Waals surface area contributed by atoms with Crippen LogP contribution in [0.5, 0.6) is 5.75 Å². The number of para-hydroxylation sites is 1. The Labute approximate surface area is 192 Å². The van der Waals surface area contributed by atoms with Gasteiger partial charge in [-0.1, -0.05) is 41.4 Å². The van der Waals surface area contributed by atoms with Crippen LogP contribution in [0, 0.1) is 10.1 Å². The van der Waals surface area contributed by atoms with Gasteiger partial charge in [0.15, 0.2) is 0 Å². The summed E-state index contributed by atoms with van der Waals surface area (Å²) in [5.74, 6) is -0.256. The lowest BCUT2D eigenvalue weighted by molar-refractivity contribution is -0.384. The molecule has 0 fully saturated rings. The van der Waals surface area contributed by atoms with Crippen molar-refractivity contribution in [2.45, 2.75) is 0 Å². The van der Waals surface area contributed by atoms with E-state index in [2.05, 4.69) is 10.3 Å². The molecule has 1 heterocycles. The molecule has 1 aromatic heterocycles. The fraction of sp³-hybridized carbons (Fsp3) is 0.0435. The van der Waals surface area contributed by atoms with Crippen molar-refractivity contribution in [3.05, 3.63) is 92.5 Å². The highest BCUT2D eigenvalue weighted by molar-refractivity contribution is 6.36. The Kier molecular flexibility index (Phi) is 5.94. The maximum absolute atomic E-state index is 13.3. The minimum Gasteiger partial charge on any atom is -0.494 e. The normalized spacial score (nSPS) is 10.7. The second kappa shape index (κ2) is 8.82. The number of benzene rings is 3. The molecule has 0 aliphatic heterocycles.